The van der Waals surface area contributed by atoms with Gasteiger partial charge in [0.2, 0.25) is 5.95 Å². The van der Waals surface area contributed by atoms with Gasteiger partial charge in [0.1, 0.15) is 23.9 Å². The molecule has 0 aliphatic carbocycles. The number of nitrogens with one attached hydrogen (secondary N) is 1. The van der Waals surface area contributed by atoms with Crippen LogP contribution in [0.2, 0.25) is 5.02 Å². The van der Waals surface area contributed by atoms with Crippen molar-refractivity contribution in [2.24, 2.45) is 0 Å². The first kappa shape index (κ1) is 18.5. The first-order valence-corrected chi connectivity index (χ1v) is 11.0. The normalized spacial score (nSPS) is 19.0. The number of halogens is 1. The summed E-state index contributed by atoms with van der Waals surface area (Å²) in [5.41, 5.74) is 3.84. The van der Waals surface area contributed by atoms with E-state index in [1.807, 2.05) is 53.2 Å². The summed E-state index contributed by atoms with van der Waals surface area (Å²) >= 11 is 8.05. The van der Waals surface area contributed by atoms with E-state index in [9.17, 15) is 0 Å². The number of rotatable bonds is 3. The highest BCUT2D eigenvalue weighted by Gasteiger charge is 2.42. The third kappa shape index (κ3) is 2.85. The van der Waals surface area contributed by atoms with Crippen LogP contribution in [0.25, 0.3) is 5.70 Å². The SMILES string of the molecule is COc1ccccc1[C@H]1Oc2ccc(Cl)cc2C2=C1[C@H](c1cccs1)n1ncnc1N2. The van der Waals surface area contributed by atoms with Gasteiger partial charge in [0.05, 0.1) is 12.8 Å². The summed E-state index contributed by atoms with van der Waals surface area (Å²) in [6, 6.07) is 17.6. The van der Waals surface area contributed by atoms with E-state index in [1.165, 1.54) is 0 Å². The fourth-order valence-corrected chi connectivity index (χ4v) is 5.30. The van der Waals surface area contributed by atoms with Crippen molar-refractivity contribution in [1.29, 1.82) is 0 Å². The van der Waals surface area contributed by atoms with Crippen LogP contribution < -0.4 is 14.8 Å². The number of aromatic nitrogens is 3. The molecule has 2 aromatic heterocycles. The number of benzene rings is 2. The van der Waals surface area contributed by atoms with Crippen LogP contribution in [0.3, 0.4) is 0 Å². The second kappa shape index (κ2) is 7.14. The van der Waals surface area contributed by atoms with Crippen molar-refractivity contribution in [3.8, 4) is 11.5 Å². The van der Waals surface area contributed by atoms with Crippen LogP contribution in [0.15, 0.2) is 71.9 Å². The molecule has 2 aliphatic rings. The van der Waals surface area contributed by atoms with Gasteiger partial charge in [0.25, 0.3) is 0 Å². The molecule has 31 heavy (non-hydrogen) atoms. The van der Waals surface area contributed by atoms with Crippen LogP contribution in [0.4, 0.5) is 5.95 Å². The zero-order chi connectivity index (χ0) is 20.9. The Morgan fingerprint density at radius 2 is 2.06 bits per heavy atom. The van der Waals surface area contributed by atoms with Gasteiger partial charge in [-0.2, -0.15) is 10.1 Å². The molecule has 0 fully saturated rings. The fourth-order valence-electron chi connectivity index (χ4n) is 4.30. The van der Waals surface area contributed by atoms with E-state index in [0.717, 1.165) is 38.8 Å². The predicted octanol–water partition coefficient (Wildman–Crippen LogP) is 5.56. The molecule has 8 heteroatoms. The molecule has 0 bridgehead atoms. The maximum absolute atomic E-state index is 6.61. The molecular formula is C23H17ClN4O2S. The molecule has 2 atom stereocenters. The molecule has 0 radical (unpaired) electrons. The van der Waals surface area contributed by atoms with E-state index in [-0.39, 0.29) is 12.1 Å². The van der Waals surface area contributed by atoms with Crippen molar-refractivity contribution >= 4 is 34.6 Å². The molecule has 6 rings (SSSR count). The summed E-state index contributed by atoms with van der Waals surface area (Å²) in [5.74, 6) is 2.21. The van der Waals surface area contributed by atoms with Crippen LogP contribution >= 0.6 is 22.9 Å². The fraction of sp³-hybridized carbons (Fsp3) is 0.130. The van der Waals surface area contributed by atoms with E-state index in [0.29, 0.717) is 11.0 Å². The molecule has 2 aliphatic heterocycles. The largest absolute Gasteiger partial charge is 0.496 e. The number of hydrogen-bond acceptors (Lipinski definition) is 6. The maximum Gasteiger partial charge on any atom is 0.226 e. The van der Waals surface area contributed by atoms with Crippen molar-refractivity contribution in [2.45, 2.75) is 12.1 Å². The van der Waals surface area contributed by atoms with Gasteiger partial charge in [0.15, 0.2) is 6.10 Å². The number of methoxy groups -OCH3 is 1. The van der Waals surface area contributed by atoms with Crippen molar-refractivity contribution in [2.75, 3.05) is 12.4 Å². The molecule has 0 saturated carbocycles. The summed E-state index contributed by atoms with van der Waals surface area (Å²) in [4.78, 5) is 5.60. The predicted molar refractivity (Wildman–Crippen MR) is 121 cm³/mol. The molecule has 0 unspecified atom stereocenters. The van der Waals surface area contributed by atoms with Gasteiger partial charge in [-0.1, -0.05) is 35.9 Å². The van der Waals surface area contributed by atoms with E-state index in [2.05, 4.69) is 26.8 Å². The van der Waals surface area contributed by atoms with Crippen molar-refractivity contribution in [3.05, 3.63) is 92.9 Å². The zero-order valence-corrected chi connectivity index (χ0v) is 18.0. The number of nitrogens with zero attached hydrogens (tertiary/aromatic N) is 3. The highest BCUT2D eigenvalue weighted by Crippen LogP contribution is 2.52. The average molecular weight is 449 g/mol. The minimum atomic E-state index is -0.378. The van der Waals surface area contributed by atoms with E-state index >= 15 is 0 Å². The van der Waals surface area contributed by atoms with Gasteiger partial charge >= 0.3 is 0 Å². The molecule has 0 saturated heterocycles. The van der Waals surface area contributed by atoms with Crippen LogP contribution in [0, 0.1) is 0 Å². The van der Waals surface area contributed by atoms with Crippen molar-refractivity contribution < 1.29 is 9.47 Å². The first-order chi connectivity index (χ1) is 15.2. The van der Waals surface area contributed by atoms with Crippen LogP contribution in [-0.4, -0.2) is 21.9 Å². The van der Waals surface area contributed by atoms with Crippen molar-refractivity contribution in [1.82, 2.24) is 14.8 Å². The second-order valence-corrected chi connectivity index (χ2v) is 8.70. The van der Waals surface area contributed by atoms with Crippen molar-refractivity contribution in [3.63, 3.8) is 0 Å². The quantitative estimate of drug-likeness (QED) is 0.444. The summed E-state index contributed by atoms with van der Waals surface area (Å²) in [6.07, 6.45) is 1.19. The maximum atomic E-state index is 6.61. The number of fused-ring (bicyclic) bond motifs is 3. The standard InChI is InChI=1S/C23H17ClN4O2S/c1-29-16-6-3-2-5-14(16)22-19-20(15-11-13(24)8-9-17(15)30-22)27-23-25-12-26-28(23)21(19)18-7-4-10-31-18/h2-12,21-22H,1H3,(H,25,26,27)/t21-,22+/m0/s1. The highest BCUT2D eigenvalue weighted by atomic mass is 35.5. The lowest BCUT2D eigenvalue weighted by molar-refractivity contribution is 0.218. The van der Waals surface area contributed by atoms with Gasteiger partial charge in [-0.25, -0.2) is 4.68 Å². The smallest absolute Gasteiger partial charge is 0.226 e. The van der Waals surface area contributed by atoms with Gasteiger partial charge in [0, 0.05) is 26.6 Å². The number of thiophene rings is 1. The zero-order valence-electron chi connectivity index (χ0n) is 16.4. The Hall–Kier alpha value is -3.29. The topological polar surface area (TPSA) is 61.2 Å². The van der Waals surface area contributed by atoms with Crippen LogP contribution in [0.1, 0.15) is 28.1 Å². The molecule has 6 nitrogen and oxygen atoms in total. The first-order valence-electron chi connectivity index (χ1n) is 9.78. The van der Waals surface area contributed by atoms with E-state index < -0.39 is 0 Å². The second-order valence-electron chi connectivity index (χ2n) is 7.28. The van der Waals surface area contributed by atoms with Gasteiger partial charge in [-0.15, -0.1) is 11.3 Å². The lowest BCUT2D eigenvalue weighted by Gasteiger charge is -2.38. The van der Waals surface area contributed by atoms with Gasteiger partial charge in [-0.05, 0) is 35.7 Å². The monoisotopic (exact) mass is 448 g/mol. The highest BCUT2D eigenvalue weighted by molar-refractivity contribution is 7.10. The van der Waals surface area contributed by atoms with E-state index in [1.54, 1.807) is 24.8 Å². The van der Waals surface area contributed by atoms with Crippen LogP contribution in [0.5, 0.6) is 11.5 Å². The molecule has 2 aromatic carbocycles. The summed E-state index contributed by atoms with van der Waals surface area (Å²) in [7, 11) is 1.68. The average Bonchev–Trinajstić information content (AvgIpc) is 3.49. The summed E-state index contributed by atoms with van der Waals surface area (Å²) in [5, 5.41) is 10.7. The number of para-hydroxylation sites is 1. The van der Waals surface area contributed by atoms with Gasteiger partial charge in [-0.3, -0.25) is 0 Å². The number of anilines is 1. The molecule has 4 aromatic rings. The summed E-state index contributed by atoms with van der Waals surface area (Å²) in [6.45, 7) is 0. The third-order valence-corrected chi connectivity index (χ3v) is 6.77. The molecule has 0 spiro atoms. The Morgan fingerprint density at radius 3 is 2.90 bits per heavy atom. The lowest BCUT2D eigenvalue weighted by atomic mass is 9.86. The Balaban J connectivity index is 1.65. The third-order valence-electron chi connectivity index (χ3n) is 5.61. The molecular weight excluding hydrogens is 432 g/mol. The minimum absolute atomic E-state index is 0.171. The lowest BCUT2D eigenvalue weighted by Crippen LogP contribution is -2.32. The Kier molecular flexibility index (Phi) is 4.26. The molecule has 1 N–H and O–H groups in total. The van der Waals surface area contributed by atoms with Gasteiger partial charge < -0.3 is 14.8 Å². The summed E-state index contributed by atoms with van der Waals surface area (Å²) < 4.78 is 14.2. The number of ether oxygens (including phenoxy) is 2. The minimum Gasteiger partial charge on any atom is -0.496 e. The Bertz CT molecular complexity index is 1310. The van der Waals surface area contributed by atoms with Crippen LogP contribution in [-0.2, 0) is 0 Å². The Labute approximate surface area is 187 Å². The molecule has 4 heterocycles. The molecule has 154 valence electrons. The van der Waals surface area contributed by atoms with E-state index in [4.69, 9.17) is 21.1 Å². The Morgan fingerprint density at radius 1 is 1.16 bits per heavy atom. The number of hydrogen-bond donors (Lipinski definition) is 1. The molecule has 0 amide bonds.